The number of carbonyl (C=O) groups excluding carboxylic acids is 1. The Morgan fingerprint density at radius 3 is 2.60 bits per heavy atom. The van der Waals surface area contributed by atoms with E-state index in [2.05, 4.69) is 5.32 Å². The van der Waals surface area contributed by atoms with E-state index in [0.29, 0.717) is 22.2 Å². The molecule has 5 heteroatoms. The quantitative estimate of drug-likeness (QED) is 0.896. The second-order valence-corrected chi connectivity index (χ2v) is 5.19. The zero-order valence-electron chi connectivity index (χ0n) is 10.9. The Bertz CT molecular complexity index is 656. The fourth-order valence-corrected chi connectivity index (χ4v) is 2.36. The van der Waals surface area contributed by atoms with E-state index in [1.807, 2.05) is 25.1 Å². The summed E-state index contributed by atoms with van der Waals surface area (Å²) < 4.78 is 0. The van der Waals surface area contributed by atoms with Gasteiger partial charge in [-0.05, 0) is 36.2 Å². The van der Waals surface area contributed by atoms with Gasteiger partial charge in [-0.1, -0.05) is 41.4 Å². The number of hydrogen-bond acceptors (Lipinski definition) is 2. The van der Waals surface area contributed by atoms with E-state index < -0.39 is 5.91 Å². The molecule has 0 aromatic heterocycles. The van der Waals surface area contributed by atoms with Crippen molar-refractivity contribution in [2.45, 2.75) is 13.5 Å². The van der Waals surface area contributed by atoms with Gasteiger partial charge in [-0.25, -0.2) is 0 Å². The normalized spacial score (nSPS) is 10.3. The molecule has 0 saturated heterocycles. The molecular formula is C15H14Cl2N2O. The van der Waals surface area contributed by atoms with Crippen molar-refractivity contribution in [3.63, 3.8) is 0 Å². The first-order chi connectivity index (χ1) is 9.50. The highest BCUT2D eigenvalue weighted by molar-refractivity contribution is 6.42. The monoisotopic (exact) mass is 308 g/mol. The number of primary amides is 1. The number of anilines is 1. The summed E-state index contributed by atoms with van der Waals surface area (Å²) >= 11 is 12.1. The number of amides is 1. The number of hydrogen-bond donors (Lipinski definition) is 2. The lowest BCUT2D eigenvalue weighted by atomic mass is 10.1. The lowest BCUT2D eigenvalue weighted by Gasteiger charge is -2.13. The average molecular weight is 309 g/mol. The number of nitrogens with two attached hydrogens (primary N) is 1. The maximum Gasteiger partial charge on any atom is 0.249 e. The summed E-state index contributed by atoms with van der Waals surface area (Å²) in [6.07, 6.45) is 0. The van der Waals surface area contributed by atoms with Crippen molar-refractivity contribution in [3.05, 3.63) is 63.1 Å². The molecule has 0 heterocycles. The highest BCUT2D eigenvalue weighted by atomic mass is 35.5. The maximum atomic E-state index is 11.3. The molecule has 2 rings (SSSR count). The fraction of sp³-hybridized carbons (Fsp3) is 0.133. The van der Waals surface area contributed by atoms with Crippen LogP contribution in [0.4, 0.5) is 5.69 Å². The van der Waals surface area contributed by atoms with Gasteiger partial charge >= 0.3 is 0 Å². The minimum atomic E-state index is -0.438. The topological polar surface area (TPSA) is 55.1 Å². The molecule has 0 fully saturated rings. The number of halogens is 2. The van der Waals surface area contributed by atoms with E-state index in [4.69, 9.17) is 28.9 Å². The van der Waals surface area contributed by atoms with E-state index in [0.717, 1.165) is 16.8 Å². The van der Waals surface area contributed by atoms with Gasteiger partial charge in [0.1, 0.15) is 0 Å². The first-order valence-corrected chi connectivity index (χ1v) is 6.82. The van der Waals surface area contributed by atoms with Crippen molar-refractivity contribution in [2.24, 2.45) is 5.73 Å². The molecule has 0 radical (unpaired) electrons. The van der Waals surface area contributed by atoms with Crippen LogP contribution in [-0.4, -0.2) is 5.91 Å². The second kappa shape index (κ2) is 6.16. The first kappa shape index (κ1) is 14.7. The number of carbonyl (C=O) groups is 1. The van der Waals surface area contributed by atoms with Gasteiger partial charge in [0.25, 0.3) is 0 Å². The minimum absolute atomic E-state index is 0.438. The summed E-state index contributed by atoms with van der Waals surface area (Å²) in [5.74, 6) is -0.438. The third-order valence-electron chi connectivity index (χ3n) is 3.10. The van der Waals surface area contributed by atoms with Crippen molar-refractivity contribution >= 4 is 34.8 Å². The van der Waals surface area contributed by atoms with Gasteiger partial charge in [-0.3, -0.25) is 4.79 Å². The summed E-state index contributed by atoms with van der Waals surface area (Å²) in [7, 11) is 0. The van der Waals surface area contributed by atoms with Gasteiger partial charge in [0.05, 0.1) is 10.0 Å². The average Bonchev–Trinajstić information content (AvgIpc) is 2.41. The lowest BCUT2D eigenvalue weighted by Crippen LogP contribution is -2.14. The zero-order chi connectivity index (χ0) is 14.7. The van der Waals surface area contributed by atoms with E-state index in [1.165, 1.54) is 0 Å². The molecule has 3 N–H and O–H groups in total. The van der Waals surface area contributed by atoms with Crippen LogP contribution in [0.3, 0.4) is 0 Å². The number of rotatable bonds is 4. The fourth-order valence-electron chi connectivity index (χ4n) is 1.97. The Morgan fingerprint density at radius 2 is 1.90 bits per heavy atom. The lowest BCUT2D eigenvalue weighted by molar-refractivity contribution is 0.1000. The van der Waals surface area contributed by atoms with Crippen molar-refractivity contribution in [2.75, 3.05) is 5.32 Å². The molecule has 20 heavy (non-hydrogen) atoms. The molecule has 0 bridgehead atoms. The van der Waals surface area contributed by atoms with Crippen LogP contribution in [0.2, 0.25) is 10.0 Å². The third-order valence-corrected chi connectivity index (χ3v) is 3.96. The van der Waals surface area contributed by atoms with Gasteiger partial charge in [0, 0.05) is 17.8 Å². The van der Waals surface area contributed by atoms with Crippen molar-refractivity contribution in [1.82, 2.24) is 0 Å². The van der Waals surface area contributed by atoms with Gasteiger partial charge in [-0.15, -0.1) is 0 Å². The van der Waals surface area contributed by atoms with Crippen LogP contribution < -0.4 is 11.1 Å². The molecule has 0 aliphatic carbocycles. The predicted molar refractivity (Wildman–Crippen MR) is 83.5 cm³/mol. The van der Waals surface area contributed by atoms with Crippen LogP contribution in [0, 0.1) is 6.92 Å². The Morgan fingerprint density at radius 1 is 1.20 bits per heavy atom. The highest BCUT2D eigenvalue weighted by Crippen LogP contribution is 2.27. The maximum absolute atomic E-state index is 11.3. The Labute approximate surface area is 127 Å². The largest absolute Gasteiger partial charge is 0.381 e. The Kier molecular flexibility index (Phi) is 4.53. The molecule has 104 valence electrons. The van der Waals surface area contributed by atoms with E-state index in [1.54, 1.807) is 18.2 Å². The minimum Gasteiger partial charge on any atom is -0.381 e. The van der Waals surface area contributed by atoms with Crippen molar-refractivity contribution < 1.29 is 4.79 Å². The molecule has 0 aliphatic heterocycles. The number of benzene rings is 2. The Balaban J connectivity index is 2.21. The molecule has 2 aromatic carbocycles. The molecule has 3 nitrogen and oxygen atoms in total. The molecular weight excluding hydrogens is 295 g/mol. The third kappa shape index (κ3) is 3.06. The summed E-state index contributed by atoms with van der Waals surface area (Å²) in [5.41, 5.74) is 8.39. The highest BCUT2D eigenvalue weighted by Gasteiger charge is 2.09. The Hall–Kier alpha value is -1.71. The molecule has 0 spiro atoms. The summed E-state index contributed by atoms with van der Waals surface area (Å²) in [4.78, 5) is 11.3. The van der Waals surface area contributed by atoms with E-state index in [-0.39, 0.29) is 0 Å². The second-order valence-electron chi connectivity index (χ2n) is 4.41. The number of nitrogens with one attached hydrogen (secondary N) is 1. The van der Waals surface area contributed by atoms with Crippen LogP contribution in [-0.2, 0) is 6.54 Å². The standard InChI is InChI=1S/C15H14Cl2N2O/c1-9-11(15(18)20)5-3-7-13(9)19-8-10-4-2-6-12(16)14(10)17/h2-7,19H,8H2,1H3,(H2,18,20). The molecule has 0 saturated carbocycles. The van der Waals surface area contributed by atoms with Gasteiger partial charge in [0.15, 0.2) is 0 Å². The molecule has 2 aromatic rings. The van der Waals surface area contributed by atoms with E-state index >= 15 is 0 Å². The predicted octanol–water partition coefficient (Wildman–Crippen LogP) is 4.01. The van der Waals surface area contributed by atoms with Crippen LogP contribution in [0.5, 0.6) is 0 Å². The van der Waals surface area contributed by atoms with Crippen molar-refractivity contribution in [3.8, 4) is 0 Å². The van der Waals surface area contributed by atoms with Crippen molar-refractivity contribution in [1.29, 1.82) is 0 Å². The van der Waals surface area contributed by atoms with Crippen LogP contribution in [0.15, 0.2) is 36.4 Å². The molecule has 0 unspecified atom stereocenters. The summed E-state index contributed by atoms with van der Waals surface area (Å²) in [5, 5.41) is 4.30. The van der Waals surface area contributed by atoms with Crippen LogP contribution >= 0.6 is 23.2 Å². The van der Waals surface area contributed by atoms with Crippen LogP contribution in [0.25, 0.3) is 0 Å². The van der Waals surface area contributed by atoms with Gasteiger partial charge in [0.2, 0.25) is 5.91 Å². The van der Waals surface area contributed by atoms with E-state index in [9.17, 15) is 4.79 Å². The SMILES string of the molecule is Cc1c(NCc2cccc(Cl)c2Cl)cccc1C(N)=O. The molecule has 0 atom stereocenters. The van der Waals surface area contributed by atoms with Gasteiger partial charge in [-0.2, -0.15) is 0 Å². The van der Waals surface area contributed by atoms with Crippen LogP contribution in [0.1, 0.15) is 21.5 Å². The summed E-state index contributed by atoms with van der Waals surface area (Å²) in [6.45, 7) is 2.37. The van der Waals surface area contributed by atoms with Gasteiger partial charge < -0.3 is 11.1 Å². The summed E-state index contributed by atoms with van der Waals surface area (Å²) in [6, 6.07) is 10.9. The smallest absolute Gasteiger partial charge is 0.249 e. The zero-order valence-corrected chi connectivity index (χ0v) is 12.4. The molecule has 0 aliphatic rings. The first-order valence-electron chi connectivity index (χ1n) is 6.07. The molecule has 1 amide bonds.